The Hall–Kier alpha value is -1.40. The van der Waals surface area contributed by atoms with Crippen LogP contribution in [-0.2, 0) is 11.2 Å². The number of hydrogen-bond donors (Lipinski definition) is 2. The summed E-state index contributed by atoms with van der Waals surface area (Å²) in [5.74, 6) is 7.29. The fourth-order valence-corrected chi connectivity index (χ4v) is 2.29. The molecule has 1 fully saturated rings. The third-order valence-corrected chi connectivity index (χ3v) is 3.36. The average Bonchev–Trinajstić information content (AvgIpc) is 3.25. The predicted molar refractivity (Wildman–Crippen MR) is 76.1 cm³/mol. The van der Waals surface area contributed by atoms with Gasteiger partial charge in [-0.25, -0.2) is 15.8 Å². The van der Waals surface area contributed by atoms with Crippen molar-refractivity contribution in [3.05, 3.63) is 11.9 Å². The third kappa shape index (κ3) is 3.33. The largest absolute Gasteiger partial charge is 0.383 e. The Kier molecular flexibility index (Phi) is 4.93. The summed E-state index contributed by atoms with van der Waals surface area (Å²) in [5, 5.41) is 0. The van der Waals surface area contributed by atoms with Crippen LogP contribution in [0.5, 0.6) is 0 Å². The van der Waals surface area contributed by atoms with Crippen LogP contribution < -0.4 is 16.2 Å². The molecule has 1 aromatic heterocycles. The second-order valence-electron chi connectivity index (χ2n) is 4.84. The molecule has 1 aromatic rings. The van der Waals surface area contributed by atoms with E-state index in [0.29, 0.717) is 12.6 Å². The van der Waals surface area contributed by atoms with Gasteiger partial charge in [0.05, 0.1) is 6.61 Å². The van der Waals surface area contributed by atoms with Gasteiger partial charge in [0.25, 0.3) is 0 Å². The molecule has 1 saturated carbocycles. The summed E-state index contributed by atoms with van der Waals surface area (Å²) < 4.78 is 5.20. The van der Waals surface area contributed by atoms with Crippen molar-refractivity contribution in [1.82, 2.24) is 9.97 Å². The van der Waals surface area contributed by atoms with Crippen LogP contribution in [-0.4, -0.2) is 36.3 Å². The molecule has 0 saturated heterocycles. The maximum Gasteiger partial charge on any atom is 0.148 e. The maximum atomic E-state index is 5.56. The summed E-state index contributed by atoms with van der Waals surface area (Å²) >= 11 is 0. The minimum absolute atomic E-state index is 0.589. The Morgan fingerprint density at radius 1 is 1.47 bits per heavy atom. The van der Waals surface area contributed by atoms with Crippen molar-refractivity contribution in [2.24, 2.45) is 5.84 Å². The van der Waals surface area contributed by atoms with Crippen LogP contribution >= 0.6 is 0 Å². The van der Waals surface area contributed by atoms with E-state index in [4.69, 9.17) is 10.6 Å². The Morgan fingerprint density at radius 3 is 2.84 bits per heavy atom. The number of hydrazine groups is 1. The molecule has 106 valence electrons. The molecule has 1 aliphatic rings. The molecule has 6 nitrogen and oxygen atoms in total. The molecule has 0 spiro atoms. The van der Waals surface area contributed by atoms with Crippen molar-refractivity contribution in [1.29, 1.82) is 0 Å². The quantitative estimate of drug-likeness (QED) is 0.545. The van der Waals surface area contributed by atoms with Crippen LogP contribution in [0, 0.1) is 0 Å². The van der Waals surface area contributed by atoms with Crippen molar-refractivity contribution in [3.63, 3.8) is 0 Å². The number of nitrogens with one attached hydrogen (secondary N) is 1. The van der Waals surface area contributed by atoms with Gasteiger partial charge in [0.15, 0.2) is 0 Å². The average molecular weight is 265 g/mol. The smallest absolute Gasteiger partial charge is 0.148 e. The standard InChI is InChI=1S/C13H23N5O/c1-3-4-11-12(17-14)15-9-16-13(11)18(7-8-19-2)10-5-6-10/h9-10H,3-8,14H2,1-2H3,(H,15,16,17). The fraction of sp³-hybridized carbons (Fsp3) is 0.692. The van der Waals surface area contributed by atoms with Crippen molar-refractivity contribution in [2.75, 3.05) is 30.6 Å². The van der Waals surface area contributed by atoms with Gasteiger partial charge in [-0.05, 0) is 19.3 Å². The van der Waals surface area contributed by atoms with E-state index in [-0.39, 0.29) is 0 Å². The van der Waals surface area contributed by atoms with Crippen molar-refractivity contribution < 1.29 is 4.74 Å². The summed E-state index contributed by atoms with van der Waals surface area (Å²) in [7, 11) is 1.73. The molecule has 1 aliphatic carbocycles. The zero-order valence-electron chi connectivity index (χ0n) is 11.7. The van der Waals surface area contributed by atoms with E-state index in [2.05, 4.69) is 27.2 Å². The molecule has 0 aliphatic heterocycles. The van der Waals surface area contributed by atoms with E-state index in [1.807, 2.05) is 0 Å². The Labute approximate surface area is 114 Å². The highest BCUT2D eigenvalue weighted by Crippen LogP contribution is 2.34. The first kappa shape index (κ1) is 14.0. The van der Waals surface area contributed by atoms with Crippen LogP contribution in [0.4, 0.5) is 11.6 Å². The van der Waals surface area contributed by atoms with Gasteiger partial charge in [0.1, 0.15) is 18.0 Å². The Morgan fingerprint density at radius 2 is 2.26 bits per heavy atom. The molecule has 0 radical (unpaired) electrons. The SMILES string of the molecule is CCCc1c(NN)ncnc1N(CCOC)C1CC1. The second kappa shape index (κ2) is 6.68. The zero-order chi connectivity index (χ0) is 13.7. The number of methoxy groups -OCH3 is 1. The Balaban J connectivity index is 2.28. The lowest BCUT2D eigenvalue weighted by Crippen LogP contribution is -2.31. The van der Waals surface area contributed by atoms with Crippen LogP contribution in [0.1, 0.15) is 31.7 Å². The topological polar surface area (TPSA) is 76.3 Å². The molecule has 0 unspecified atom stereocenters. The van der Waals surface area contributed by atoms with Crippen LogP contribution in [0.25, 0.3) is 0 Å². The molecule has 1 heterocycles. The van der Waals surface area contributed by atoms with E-state index >= 15 is 0 Å². The molecule has 0 bridgehead atoms. The second-order valence-corrected chi connectivity index (χ2v) is 4.84. The number of nitrogens with two attached hydrogens (primary N) is 1. The van der Waals surface area contributed by atoms with Crippen molar-refractivity contribution in [2.45, 2.75) is 38.6 Å². The highest BCUT2D eigenvalue weighted by molar-refractivity contribution is 5.59. The highest BCUT2D eigenvalue weighted by atomic mass is 16.5. The molecule has 0 amide bonds. The first-order chi connectivity index (χ1) is 9.31. The summed E-state index contributed by atoms with van der Waals surface area (Å²) in [6.07, 6.45) is 5.99. The molecular weight excluding hydrogens is 242 g/mol. The molecule has 2 rings (SSSR count). The van der Waals surface area contributed by atoms with Gasteiger partial charge < -0.3 is 15.1 Å². The lowest BCUT2D eigenvalue weighted by Gasteiger charge is -2.26. The molecule has 3 N–H and O–H groups in total. The third-order valence-electron chi connectivity index (χ3n) is 3.36. The van der Waals surface area contributed by atoms with E-state index in [9.17, 15) is 0 Å². The number of nitrogens with zero attached hydrogens (tertiary/aromatic N) is 3. The van der Waals surface area contributed by atoms with Gasteiger partial charge in [-0.2, -0.15) is 0 Å². The van der Waals surface area contributed by atoms with Gasteiger partial charge in [0.2, 0.25) is 0 Å². The van der Waals surface area contributed by atoms with E-state index in [0.717, 1.165) is 36.6 Å². The van der Waals surface area contributed by atoms with Crippen LogP contribution in [0.2, 0.25) is 0 Å². The number of hydrogen-bond acceptors (Lipinski definition) is 6. The molecule has 0 atom stereocenters. The summed E-state index contributed by atoms with van der Waals surface area (Å²) in [6, 6.07) is 0.589. The number of aromatic nitrogens is 2. The summed E-state index contributed by atoms with van der Waals surface area (Å²) in [5.41, 5.74) is 3.79. The van der Waals surface area contributed by atoms with Crippen molar-refractivity contribution >= 4 is 11.6 Å². The van der Waals surface area contributed by atoms with Crippen LogP contribution in [0.3, 0.4) is 0 Å². The maximum absolute atomic E-state index is 5.56. The first-order valence-electron chi connectivity index (χ1n) is 6.87. The molecule has 6 heteroatoms. The predicted octanol–water partition coefficient (Wildman–Crippen LogP) is 1.33. The molecular formula is C13H23N5O. The van der Waals surface area contributed by atoms with Gasteiger partial charge in [-0.1, -0.05) is 13.3 Å². The van der Waals surface area contributed by atoms with Gasteiger partial charge >= 0.3 is 0 Å². The monoisotopic (exact) mass is 265 g/mol. The van der Waals surface area contributed by atoms with E-state index in [1.54, 1.807) is 13.4 Å². The van der Waals surface area contributed by atoms with Gasteiger partial charge in [0, 0.05) is 25.3 Å². The lowest BCUT2D eigenvalue weighted by molar-refractivity contribution is 0.204. The minimum atomic E-state index is 0.589. The van der Waals surface area contributed by atoms with Gasteiger partial charge in [-0.15, -0.1) is 0 Å². The lowest BCUT2D eigenvalue weighted by atomic mass is 10.1. The normalized spacial score (nSPS) is 14.5. The first-order valence-corrected chi connectivity index (χ1v) is 6.87. The number of nitrogen functional groups attached to an aromatic ring is 1. The number of anilines is 2. The Bertz CT molecular complexity index is 408. The van der Waals surface area contributed by atoms with Crippen LogP contribution in [0.15, 0.2) is 6.33 Å². The highest BCUT2D eigenvalue weighted by Gasteiger charge is 2.31. The van der Waals surface area contributed by atoms with Crippen molar-refractivity contribution in [3.8, 4) is 0 Å². The minimum Gasteiger partial charge on any atom is -0.383 e. The number of rotatable bonds is 8. The molecule has 0 aromatic carbocycles. The summed E-state index contributed by atoms with van der Waals surface area (Å²) in [4.78, 5) is 11.0. The van der Waals surface area contributed by atoms with E-state index in [1.165, 1.54) is 12.8 Å². The van der Waals surface area contributed by atoms with E-state index < -0.39 is 0 Å². The fourth-order valence-electron chi connectivity index (χ4n) is 2.29. The summed E-state index contributed by atoms with van der Waals surface area (Å²) in [6.45, 7) is 3.71. The van der Waals surface area contributed by atoms with Gasteiger partial charge in [-0.3, -0.25) is 0 Å². The zero-order valence-corrected chi connectivity index (χ0v) is 11.7. The number of ether oxygens (including phenoxy) is 1. The molecule has 19 heavy (non-hydrogen) atoms.